The normalized spacial score (nSPS) is 13.3. The van der Waals surface area contributed by atoms with Gasteiger partial charge in [-0.1, -0.05) is 5.16 Å². The van der Waals surface area contributed by atoms with E-state index in [1.54, 1.807) is 6.07 Å². The van der Waals surface area contributed by atoms with Crippen molar-refractivity contribution in [2.24, 2.45) is 0 Å². The fraction of sp³-hybridized carbons (Fsp3) is 0.231. The topological polar surface area (TPSA) is 81.8 Å². The molecule has 6 nitrogen and oxygen atoms in total. The summed E-state index contributed by atoms with van der Waals surface area (Å²) in [5.41, 5.74) is 1.44. The number of fused-ring (bicyclic) bond motifs is 1. The van der Waals surface area contributed by atoms with Crippen molar-refractivity contribution in [1.29, 1.82) is 0 Å². The molecule has 0 atom stereocenters. The number of nitrogens with zero attached hydrogens (tertiary/aromatic N) is 1. The summed E-state index contributed by atoms with van der Waals surface area (Å²) >= 11 is 3.47. The quantitative estimate of drug-likeness (QED) is 0.905. The Hall–Kier alpha value is -2.02. The summed E-state index contributed by atoms with van der Waals surface area (Å²) in [7, 11) is 0. The van der Waals surface area contributed by atoms with Gasteiger partial charge in [0.2, 0.25) is 0 Å². The number of hydrogen-bond acceptors (Lipinski definition) is 5. The molecule has 0 unspecified atom stereocenters. The zero-order valence-corrected chi connectivity index (χ0v) is 12.1. The Kier molecular flexibility index (Phi) is 3.13. The molecule has 2 aromatic rings. The van der Waals surface area contributed by atoms with E-state index in [0.717, 1.165) is 10.0 Å². The number of ether oxygens (including phenoxy) is 2. The molecule has 1 aliphatic heterocycles. The minimum atomic E-state index is -1.13. The van der Waals surface area contributed by atoms with E-state index in [2.05, 4.69) is 21.1 Å². The van der Waals surface area contributed by atoms with Crippen LogP contribution in [0, 0.1) is 6.92 Å². The van der Waals surface area contributed by atoms with Crippen molar-refractivity contribution < 1.29 is 23.9 Å². The van der Waals surface area contributed by atoms with E-state index in [1.165, 1.54) is 6.07 Å². The van der Waals surface area contributed by atoms with Crippen molar-refractivity contribution in [2.75, 3.05) is 13.2 Å². The van der Waals surface area contributed by atoms with Gasteiger partial charge in [-0.25, -0.2) is 4.79 Å². The SMILES string of the molecule is Cc1c(-c2cc(C(=O)O)no2)cc2c(c1Br)OCCO2. The third-order valence-corrected chi connectivity index (χ3v) is 3.97. The highest BCUT2D eigenvalue weighted by Gasteiger charge is 2.22. The molecule has 2 heterocycles. The van der Waals surface area contributed by atoms with Crippen LogP contribution in [0.15, 0.2) is 21.1 Å². The first-order valence-corrected chi connectivity index (χ1v) is 6.66. The van der Waals surface area contributed by atoms with Crippen LogP contribution in [-0.4, -0.2) is 29.4 Å². The summed E-state index contributed by atoms with van der Waals surface area (Å²) in [5.74, 6) is 0.485. The van der Waals surface area contributed by atoms with Crippen LogP contribution in [0.25, 0.3) is 11.3 Å². The van der Waals surface area contributed by atoms with E-state index in [4.69, 9.17) is 19.1 Å². The molecule has 0 fully saturated rings. The van der Waals surface area contributed by atoms with E-state index < -0.39 is 5.97 Å². The molecule has 0 aliphatic carbocycles. The minimum absolute atomic E-state index is 0.134. The number of rotatable bonds is 2. The van der Waals surface area contributed by atoms with Crippen LogP contribution >= 0.6 is 15.9 Å². The number of carbonyl (C=O) groups is 1. The molecular formula is C13H10BrNO5. The minimum Gasteiger partial charge on any atom is -0.486 e. The molecule has 1 aliphatic rings. The lowest BCUT2D eigenvalue weighted by molar-refractivity contribution is 0.0686. The Morgan fingerprint density at radius 3 is 2.80 bits per heavy atom. The third-order valence-electron chi connectivity index (χ3n) is 3.01. The fourth-order valence-corrected chi connectivity index (χ4v) is 2.52. The molecule has 104 valence electrons. The highest BCUT2D eigenvalue weighted by molar-refractivity contribution is 9.10. The largest absolute Gasteiger partial charge is 0.486 e. The van der Waals surface area contributed by atoms with Gasteiger partial charge in [-0.05, 0) is 34.5 Å². The molecule has 1 aromatic carbocycles. The average molecular weight is 340 g/mol. The van der Waals surface area contributed by atoms with Gasteiger partial charge in [0.05, 0.1) is 4.47 Å². The van der Waals surface area contributed by atoms with Crippen molar-refractivity contribution >= 4 is 21.9 Å². The Balaban J connectivity index is 2.13. The van der Waals surface area contributed by atoms with Crippen molar-refractivity contribution in [2.45, 2.75) is 6.92 Å². The van der Waals surface area contributed by atoms with Gasteiger partial charge in [0.1, 0.15) is 13.2 Å². The Morgan fingerprint density at radius 2 is 2.10 bits per heavy atom. The number of aromatic nitrogens is 1. The molecule has 0 radical (unpaired) electrons. The monoisotopic (exact) mass is 339 g/mol. The van der Waals surface area contributed by atoms with Crippen LogP contribution in [0.5, 0.6) is 11.5 Å². The van der Waals surface area contributed by atoms with Crippen molar-refractivity contribution in [1.82, 2.24) is 5.16 Å². The van der Waals surface area contributed by atoms with Crippen LogP contribution in [0.4, 0.5) is 0 Å². The molecule has 20 heavy (non-hydrogen) atoms. The van der Waals surface area contributed by atoms with Gasteiger partial charge in [0, 0.05) is 11.6 Å². The number of carboxylic acid groups (broad SMARTS) is 1. The van der Waals surface area contributed by atoms with Crippen LogP contribution in [0.3, 0.4) is 0 Å². The maximum absolute atomic E-state index is 10.9. The van der Waals surface area contributed by atoms with Gasteiger partial charge in [0.25, 0.3) is 0 Å². The van der Waals surface area contributed by atoms with E-state index in [-0.39, 0.29) is 5.69 Å². The predicted molar refractivity (Wildman–Crippen MR) is 72.3 cm³/mol. The van der Waals surface area contributed by atoms with Gasteiger partial charge < -0.3 is 19.1 Å². The number of aromatic carboxylic acids is 1. The van der Waals surface area contributed by atoms with Crippen molar-refractivity contribution in [3.05, 3.63) is 27.9 Å². The van der Waals surface area contributed by atoms with E-state index >= 15 is 0 Å². The predicted octanol–water partition coefficient (Wildman–Crippen LogP) is 2.88. The standard InChI is InChI=1S/C13H10BrNO5/c1-6-7(9-5-8(13(16)17)15-20-9)4-10-12(11(6)14)19-3-2-18-10/h4-5H,2-3H2,1H3,(H,16,17). The van der Waals surface area contributed by atoms with Gasteiger partial charge in [-0.2, -0.15) is 0 Å². The summed E-state index contributed by atoms with van der Waals surface area (Å²) in [6.07, 6.45) is 0. The summed E-state index contributed by atoms with van der Waals surface area (Å²) in [6.45, 7) is 2.84. The first-order valence-electron chi connectivity index (χ1n) is 5.87. The second kappa shape index (κ2) is 4.82. The Morgan fingerprint density at radius 1 is 1.35 bits per heavy atom. The lowest BCUT2D eigenvalue weighted by atomic mass is 10.0. The molecule has 7 heteroatoms. The fourth-order valence-electron chi connectivity index (χ4n) is 2.00. The average Bonchev–Trinajstić information content (AvgIpc) is 2.92. The molecular weight excluding hydrogens is 330 g/mol. The second-order valence-corrected chi connectivity index (χ2v) is 5.06. The van der Waals surface area contributed by atoms with Crippen LogP contribution in [0.2, 0.25) is 0 Å². The first-order chi connectivity index (χ1) is 9.58. The maximum atomic E-state index is 10.9. The van der Waals surface area contributed by atoms with Gasteiger partial charge >= 0.3 is 5.97 Å². The smallest absolute Gasteiger partial charge is 0.358 e. The highest BCUT2D eigenvalue weighted by Crippen LogP contribution is 2.44. The van der Waals surface area contributed by atoms with Crippen molar-refractivity contribution in [3.63, 3.8) is 0 Å². The molecule has 0 saturated heterocycles. The number of halogens is 1. The summed E-state index contributed by atoms with van der Waals surface area (Å²) in [4.78, 5) is 10.9. The number of hydrogen-bond donors (Lipinski definition) is 1. The van der Waals surface area contributed by atoms with Gasteiger partial charge in [-0.15, -0.1) is 0 Å². The molecule has 0 spiro atoms. The molecule has 3 rings (SSSR count). The summed E-state index contributed by atoms with van der Waals surface area (Å²) < 4.78 is 17.0. The number of benzene rings is 1. The van der Waals surface area contributed by atoms with Crippen LogP contribution < -0.4 is 9.47 Å². The van der Waals surface area contributed by atoms with Crippen LogP contribution in [0.1, 0.15) is 16.1 Å². The zero-order valence-electron chi connectivity index (χ0n) is 10.5. The molecule has 0 saturated carbocycles. The maximum Gasteiger partial charge on any atom is 0.358 e. The molecule has 0 bridgehead atoms. The Bertz CT molecular complexity index is 694. The van der Waals surface area contributed by atoms with E-state index in [9.17, 15) is 4.79 Å². The van der Waals surface area contributed by atoms with Gasteiger partial charge in [-0.3, -0.25) is 0 Å². The summed E-state index contributed by atoms with van der Waals surface area (Å²) in [6, 6.07) is 3.15. The first kappa shape index (κ1) is 13.0. The summed E-state index contributed by atoms with van der Waals surface area (Å²) in [5, 5.41) is 12.4. The van der Waals surface area contributed by atoms with E-state index in [1.807, 2.05) is 6.92 Å². The highest BCUT2D eigenvalue weighted by atomic mass is 79.9. The lowest BCUT2D eigenvalue weighted by Crippen LogP contribution is -2.16. The van der Waals surface area contributed by atoms with Crippen molar-refractivity contribution in [3.8, 4) is 22.8 Å². The Labute approximate surface area is 122 Å². The molecule has 1 N–H and O–H groups in total. The molecule has 1 aromatic heterocycles. The van der Waals surface area contributed by atoms with Gasteiger partial charge in [0.15, 0.2) is 23.0 Å². The van der Waals surface area contributed by atoms with Crippen LogP contribution in [-0.2, 0) is 0 Å². The third kappa shape index (κ3) is 2.03. The number of carboxylic acids is 1. The lowest BCUT2D eigenvalue weighted by Gasteiger charge is -2.21. The molecule has 0 amide bonds. The van der Waals surface area contributed by atoms with E-state index in [0.29, 0.717) is 36.0 Å². The second-order valence-electron chi connectivity index (χ2n) is 4.27. The zero-order chi connectivity index (χ0) is 14.3.